The Bertz CT molecular complexity index is 926. The molecule has 0 fully saturated rings. The first kappa shape index (κ1) is 16.1. The number of carbonyl (C=O) groups excluding carboxylic acids is 1. The van der Waals surface area contributed by atoms with Crippen molar-refractivity contribution < 1.29 is 4.79 Å². The molecule has 0 aliphatic rings. The van der Waals surface area contributed by atoms with Crippen molar-refractivity contribution in [2.24, 2.45) is 0 Å². The van der Waals surface area contributed by atoms with Crippen LogP contribution >= 0.6 is 15.9 Å². The van der Waals surface area contributed by atoms with Crippen LogP contribution in [0, 0.1) is 0 Å². The summed E-state index contributed by atoms with van der Waals surface area (Å²) in [7, 11) is 1.70. The molecule has 3 aromatic rings. The van der Waals surface area contributed by atoms with Gasteiger partial charge in [-0.05, 0) is 42.5 Å². The summed E-state index contributed by atoms with van der Waals surface area (Å²) < 4.78 is 0.984. The average Bonchev–Trinajstić information content (AvgIpc) is 2.60. The van der Waals surface area contributed by atoms with Crippen molar-refractivity contribution in [3.63, 3.8) is 0 Å². The van der Waals surface area contributed by atoms with Gasteiger partial charge in [0.25, 0.3) is 0 Å². The highest BCUT2D eigenvalue weighted by Gasteiger charge is 2.10. The minimum absolute atomic E-state index is 0.170. The SMILES string of the molecule is C=CC(=O)N(C)c1ccc2c(Nc3cccc(Br)c3)ncnc2c1. The van der Waals surface area contributed by atoms with Gasteiger partial charge in [0.05, 0.1) is 5.52 Å². The second kappa shape index (κ2) is 6.80. The van der Waals surface area contributed by atoms with Crippen molar-refractivity contribution in [1.29, 1.82) is 0 Å². The van der Waals surface area contributed by atoms with Gasteiger partial charge < -0.3 is 10.2 Å². The highest BCUT2D eigenvalue weighted by Crippen LogP contribution is 2.27. The summed E-state index contributed by atoms with van der Waals surface area (Å²) in [5.74, 6) is 0.540. The van der Waals surface area contributed by atoms with E-state index in [1.807, 2.05) is 42.5 Å². The molecule has 3 rings (SSSR count). The number of nitrogens with one attached hydrogen (secondary N) is 1. The fourth-order valence-corrected chi connectivity index (χ4v) is 2.72. The van der Waals surface area contributed by atoms with Gasteiger partial charge in [-0.25, -0.2) is 9.97 Å². The Hall–Kier alpha value is -2.73. The molecule has 1 N–H and O–H groups in total. The molecule has 0 atom stereocenters. The first-order valence-electron chi connectivity index (χ1n) is 7.26. The third-order valence-electron chi connectivity index (χ3n) is 3.60. The normalized spacial score (nSPS) is 10.4. The number of nitrogens with zero attached hydrogens (tertiary/aromatic N) is 3. The van der Waals surface area contributed by atoms with Gasteiger partial charge in [0.2, 0.25) is 5.91 Å². The lowest BCUT2D eigenvalue weighted by Crippen LogP contribution is -2.23. The summed E-state index contributed by atoms with van der Waals surface area (Å²) >= 11 is 3.45. The summed E-state index contributed by atoms with van der Waals surface area (Å²) in [6.07, 6.45) is 2.78. The first-order valence-corrected chi connectivity index (χ1v) is 8.05. The molecular weight excluding hydrogens is 368 g/mol. The zero-order chi connectivity index (χ0) is 17.1. The van der Waals surface area contributed by atoms with Crippen molar-refractivity contribution in [2.75, 3.05) is 17.3 Å². The van der Waals surface area contributed by atoms with E-state index in [0.717, 1.165) is 26.8 Å². The molecule has 0 saturated carbocycles. The van der Waals surface area contributed by atoms with Gasteiger partial charge in [-0.2, -0.15) is 0 Å². The predicted octanol–water partition coefficient (Wildman–Crippen LogP) is 4.28. The zero-order valence-corrected chi connectivity index (χ0v) is 14.6. The second-order valence-electron chi connectivity index (χ2n) is 5.16. The molecule has 0 aliphatic heterocycles. The lowest BCUT2D eigenvalue weighted by Gasteiger charge is -2.16. The molecule has 1 heterocycles. The minimum atomic E-state index is -0.170. The van der Waals surface area contributed by atoms with E-state index in [0.29, 0.717) is 5.82 Å². The van der Waals surface area contributed by atoms with Crippen LogP contribution in [0.15, 0.2) is 65.9 Å². The number of benzene rings is 2. The lowest BCUT2D eigenvalue weighted by molar-refractivity contribution is -0.113. The number of likely N-dealkylation sites (N-methyl/N-ethyl adjacent to an activating group) is 1. The zero-order valence-electron chi connectivity index (χ0n) is 13.0. The maximum absolute atomic E-state index is 11.7. The smallest absolute Gasteiger partial charge is 0.250 e. The first-order chi connectivity index (χ1) is 11.6. The van der Waals surface area contributed by atoms with Gasteiger partial charge in [-0.3, -0.25) is 4.79 Å². The van der Waals surface area contributed by atoms with Crippen LogP contribution < -0.4 is 10.2 Å². The van der Waals surface area contributed by atoms with Crippen LogP contribution in [0.4, 0.5) is 17.2 Å². The molecule has 0 spiro atoms. The Labute approximate surface area is 148 Å². The minimum Gasteiger partial charge on any atom is -0.340 e. The highest BCUT2D eigenvalue weighted by atomic mass is 79.9. The van der Waals surface area contributed by atoms with E-state index in [4.69, 9.17) is 0 Å². The number of fused-ring (bicyclic) bond motifs is 1. The van der Waals surface area contributed by atoms with Crippen LogP contribution in [0.3, 0.4) is 0 Å². The number of hydrogen-bond donors (Lipinski definition) is 1. The third-order valence-corrected chi connectivity index (χ3v) is 4.09. The van der Waals surface area contributed by atoms with Crippen LogP contribution in [0.25, 0.3) is 10.9 Å². The fourth-order valence-electron chi connectivity index (χ4n) is 2.32. The topological polar surface area (TPSA) is 58.1 Å². The van der Waals surface area contributed by atoms with E-state index < -0.39 is 0 Å². The summed E-state index contributed by atoms with van der Waals surface area (Å²) in [5, 5.41) is 4.17. The van der Waals surface area contributed by atoms with E-state index in [1.165, 1.54) is 17.3 Å². The number of aromatic nitrogens is 2. The van der Waals surface area contributed by atoms with E-state index in [2.05, 4.69) is 37.8 Å². The van der Waals surface area contributed by atoms with Gasteiger partial charge in [-0.1, -0.05) is 28.6 Å². The van der Waals surface area contributed by atoms with E-state index >= 15 is 0 Å². The van der Waals surface area contributed by atoms with Crippen LogP contribution in [-0.2, 0) is 4.79 Å². The molecule has 0 bridgehead atoms. The summed E-state index contributed by atoms with van der Waals surface area (Å²) in [4.78, 5) is 21.9. The molecular formula is C18H15BrN4O. The number of carbonyl (C=O) groups is 1. The average molecular weight is 383 g/mol. The van der Waals surface area contributed by atoms with Crippen LogP contribution in [0.5, 0.6) is 0 Å². The van der Waals surface area contributed by atoms with Gasteiger partial charge in [-0.15, -0.1) is 0 Å². The van der Waals surface area contributed by atoms with Gasteiger partial charge in [0, 0.05) is 28.3 Å². The fraction of sp³-hybridized carbons (Fsp3) is 0.0556. The van der Waals surface area contributed by atoms with Crippen molar-refractivity contribution in [3.8, 4) is 0 Å². The Kier molecular flexibility index (Phi) is 4.57. The van der Waals surface area contributed by atoms with Gasteiger partial charge >= 0.3 is 0 Å². The number of rotatable bonds is 4. The maximum Gasteiger partial charge on any atom is 0.250 e. The van der Waals surface area contributed by atoms with Crippen LogP contribution in [-0.4, -0.2) is 22.9 Å². The van der Waals surface area contributed by atoms with E-state index in [1.54, 1.807) is 7.05 Å². The summed E-state index contributed by atoms with van der Waals surface area (Å²) in [5.41, 5.74) is 2.43. The summed E-state index contributed by atoms with van der Waals surface area (Å²) in [6, 6.07) is 13.5. The molecule has 5 nitrogen and oxygen atoms in total. The standard InChI is InChI=1S/C18H15BrN4O/c1-3-17(24)23(2)14-7-8-15-16(10-14)20-11-21-18(15)22-13-6-4-5-12(19)9-13/h3-11H,1H2,2H3,(H,20,21,22). The molecule has 2 aromatic carbocycles. The van der Waals surface area contributed by atoms with E-state index in [9.17, 15) is 4.79 Å². The van der Waals surface area contributed by atoms with E-state index in [-0.39, 0.29) is 5.91 Å². The Balaban J connectivity index is 1.99. The number of anilines is 3. The Morgan fingerprint density at radius 2 is 2.08 bits per heavy atom. The number of halogens is 1. The van der Waals surface area contributed by atoms with Gasteiger partial charge in [0.1, 0.15) is 12.1 Å². The predicted molar refractivity (Wildman–Crippen MR) is 101 cm³/mol. The van der Waals surface area contributed by atoms with Gasteiger partial charge in [0.15, 0.2) is 0 Å². The van der Waals surface area contributed by atoms with Crippen LogP contribution in [0.2, 0.25) is 0 Å². The molecule has 120 valence electrons. The van der Waals surface area contributed by atoms with Crippen molar-refractivity contribution in [1.82, 2.24) is 9.97 Å². The van der Waals surface area contributed by atoms with Crippen molar-refractivity contribution >= 4 is 49.9 Å². The number of amides is 1. The molecule has 24 heavy (non-hydrogen) atoms. The second-order valence-corrected chi connectivity index (χ2v) is 6.08. The van der Waals surface area contributed by atoms with Crippen molar-refractivity contribution in [2.45, 2.75) is 0 Å². The Morgan fingerprint density at radius 1 is 1.25 bits per heavy atom. The molecule has 0 radical (unpaired) electrons. The van der Waals surface area contributed by atoms with Crippen molar-refractivity contribution in [3.05, 3.63) is 65.9 Å². The van der Waals surface area contributed by atoms with Crippen LogP contribution in [0.1, 0.15) is 0 Å². The largest absolute Gasteiger partial charge is 0.340 e. The molecule has 1 aromatic heterocycles. The number of hydrogen-bond acceptors (Lipinski definition) is 4. The highest BCUT2D eigenvalue weighted by molar-refractivity contribution is 9.10. The quantitative estimate of drug-likeness (QED) is 0.683. The summed E-state index contributed by atoms with van der Waals surface area (Å²) in [6.45, 7) is 3.51. The molecule has 0 unspecified atom stereocenters. The maximum atomic E-state index is 11.7. The molecule has 6 heteroatoms. The molecule has 0 saturated heterocycles. The lowest BCUT2D eigenvalue weighted by atomic mass is 10.2. The Morgan fingerprint density at radius 3 is 2.83 bits per heavy atom. The molecule has 1 amide bonds. The molecule has 0 aliphatic carbocycles. The monoisotopic (exact) mass is 382 g/mol. The third kappa shape index (κ3) is 3.28.